The number of amides is 1. The second-order valence-electron chi connectivity index (χ2n) is 6.40. The van der Waals surface area contributed by atoms with Gasteiger partial charge in [0, 0.05) is 43.4 Å². The highest BCUT2D eigenvalue weighted by Gasteiger charge is 2.21. The van der Waals surface area contributed by atoms with Gasteiger partial charge in [0.15, 0.2) is 5.13 Å². The largest absolute Gasteiger partial charge is 0.328 e. The number of halogens is 2. The van der Waals surface area contributed by atoms with Crippen molar-refractivity contribution in [1.82, 2.24) is 9.88 Å². The Kier molecular flexibility index (Phi) is 9.54. The van der Waals surface area contributed by atoms with E-state index in [2.05, 4.69) is 39.5 Å². The number of carbonyl (C=O) groups is 1. The maximum absolute atomic E-state index is 11.9. The molecule has 3 rings (SSSR count). The van der Waals surface area contributed by atoms with Crippen molar-refractivity contribution in [1.29, 1.82) is 0 Å². The smallest absolute Gasteiger partial charge is 0.226 e. The Balaban J connectivity index is 0.00000169. The van der Waals surface area contributed by atoms with Crippen molar-refractivity contribution in [3.8, 4) is 0 Å². The lowest BCUT2D eigenvalue weighted by Gasteiger charge is -2.25. The van der Waals surface area contributed by atoms with Crippen molar-refractivity contribution in [3.05, 3.63) is 46.5 Å². The van der Waals surface area contributed by atoms with Crippen LogP contribution in [-0.4, -0.2) is 28.4 Å². The quantitative estimate of drug-likeness (QED) is 0.753. The van der Waals surface area contributed by atoms with Gasteiger partial charge in [-0.25, -0.2) is 4.98 Å². The molecule has 0 bridgehead atoms. The van der Waals surface area contributed by atoms with E-state index in [4.69, 9.17) is 5.73 Å². The van der Waals surface area contributed by atoms with Gasteiger partial charge in [-0.1, -0.05) is 30.3 Å². The predicted molar refractivity (Wildman–Crippen MR) is 112 cm³/mol. The molecule has 144 valence electrons. The van der Waals surface area contributed by atoms with Crippen molar-refractivity contribution in [3.63, 3.8) is 0 Å². The van der Waals surface area contributed by atoms with E-state index in [1.54, 1.807) is 11.3 Å². The van der Waals surface area contributed by atoms with Crippen LogP contribution in [0.4, 0.5) is 5.13 Å². The zero-order valence-electron chi connectivity index (χ0n) is 14.8. The van der Waals surface area contributed by atoms with E-state index in [-0.39, 0.29) is 36.8 Å². The summed E-state index contributed by atoms with van der Waals surface area (Å²) in [5.74, 6) is -0.000427. The molecule has 5 nitrogen and oxygen atoms in total. The molecule has 0 fully saturated rings. The fourth-order valence-electron chi connectivity index (χ4n) is 2.82. The van der Waals surface area contributed by atoms with Crippen molar-refractivity contribution in [2.45, 2.75) is 45.3 Å². The molecule has 26 heavy (non-hydrogen) atoms. The maximum Gasteiger partial charge on any atom is 0.226 e. The van der Waals surface area contributed by atoms with E-state index >= 15 is 0 Å². The molecule has 1 aliphatic heterocycles. The van der Waals surface area contributed by atoms with Gasteiger partial charge in [-0.2, -0.15) is 0 Å². The summed E-state index contributed by atoms with van der Waals surface area (Å²) in [4.78, 5) is 20.2. The number of fused-ring (bicyclic) bond motifs is 1. The number of hydrogen-bond donors (Lipinski definition) is 2. The normalized spacial score (nSPS) is 14.5. The van der Waals surface area contributed by atoms with Gasteiger partial charge in [0.1, 0.15) is 0 Å². The highest BCUT2D eigenvalue weighted by atomic mass is 35.5. The SMILES string of the molecule is CC(N)CCC(=O)Nc1nc2c(s1)CN(Cc1ccccc1)CC2.Cl.Cl. The fourth-order valence-corrected chi connectivity index (χ4v) is 3.89. The topological polar surface area (TPSA) is 71.2 Å². The van der Waals surface area contributed by atoms with Crippen LogP contribution in [-0.2, 0) is 24.3 Å². The number of benzene rings is 1. The minimum atomic E-state index is -0.000427. The number of nitrogens with two attached hydrogens (primary N) is 1. The van der Waals surface area contributed by atoms with Gasteiger partial charge in [0.2, 0.25) is 5.91 Å². The van der Waals surface area contributed by atoms with Crippen molar-refractivity contribution in [2.75, 3.05) is 11.9 Å². The Bertz CT molecular complexity index is 694. The highest BCUT2D eigenvalue weighted by molar-refractivity contribution is 7.15. The van der Waals surface area contributed by atoms with E-state index in [1.165, 1.54) is 10.4 Å². The first-order valence-electron chi connectivity index (χ1n) is 8.40. The number of hydrogen-bond acceptors (Lipinski definition) is 5. The summed E-state index contributed by atoms with van der Waals surface area (Å²) in [7, 11) is 0. The third-order valence-electron chi connectivity index (χ3n) is 4.13. The Labute approximate surface area is 171 Å². The molecule has 0 aliphatic carbocycles. The molecular weight excluding hydrogens is 391 g/mol. The summed E-state index contributed by atoms with van der Waals surface area (Å²) >= 11 is 1.60. The molecule has 1 aromatic carbocycles. The van der Waals surface area contributed by atoms with Crippen LogP contribution >= 0.6 is 36.2 Å². The molecule has 1 unspecified atom stereocenters. The zero-order chi connectivity index (χ0) is 16.9. The molecule has 2 heterocycles. The molecule has 1 aromatic heterocycles. The first kappa shape index (κ1) is 22.9. The van der Waals surface area contributed by atoms with Crippen LogP contribution in [0.2, 0.25) is 0 Å². The molecule has 3 N–H and O–H groups in total. The lowest BCUT2D eigenvalue weighted by atomic mass is 10.1. The Morgan fingerprint density at radius 3 is 2.77 bits per heavy atom. The second-order valence-corrected chi connectivity index (χ2v) is 7.48. The molecule has 1 aliphatic rings. The molecule has 8 heteroatoms. The Morgan fingerprint density at radius 1 is 1.35 bits per heavy atom. The van der Waals surface area contributed by atoms with Crippen LogP contribution in [0.15, 0.2) is 30.3 Å². The van der Waals surface area contributed by atoms with Crippen LogP contribution in [0.5, 0.6) is 0 Å². The van der Waals surface area contributed by atoms with E-state index in [1.807, 2.05) is 13.0 Å². The average molecular weight is 417 g/mol. The minimum Gasteiger partial charge on any atom is -0.328 e. The molecule has 0 radical (unpaired) electrons. The summed E-state index contributed by atoms with van der Waals surface area (Å²) < 4.78 is 0. The zero-order valence-corrected chi connectivity index (χ0v) is 17.3. The maximum atomic E-state index is 11.9. The first-order valence-corrected chi connectivity index (χ1v) is 9.22. The number of nitrogens with zero attached hydrogens (tertiary/aromatic N) is 2. The van der Waals surface area contributed by atoms with Gasteiger partial charge in [0.05, 0.1) is 5.69 Å². The average Bonchev–Trinajstić information content (AvgIpc) is 2.95. The lowest BCUT2D eigenvalue weighted by molar-refractivity contribution is -0.116. The van der Waals surface area contributed by atoms with E-state index in [0.717, 1.165) is 36.9 Å². The summed E-state index contributed by atoms with van der Waals surface area (Å²) in [6, 6.07) is 10.6. The van der Waals surface area contributed by atoms with Gasteiger partial charge >= 0.3 is 0 Å². The lowest BCUT2D eigenvalue weighted by Crippen LogP contribution is -2.29. The van der Waals surface area contributed by atoms with Gasteiger partial charge in [-0.15, -0.1) is 36.2 Å². The van der Waals surface area contributed by atoms with Crippen molar-refractivity contribution >= 4 is 47.2 Å². The minimum absolute atomic E-state index is 0. The highest BCUT2D eigenvalue weighted by Crippen LogP contribution is 2.29. The van der Waals surface area contributed by atoms with Crippen molar-refractivity contribution < 1.29 is 4.79 Å². The second kappa shape index (κ2) is 10.8. The molecule has 0 spiro atoms. The summed E-state index contributed by atoms with van der Waals surface area (Å²) in [6.45, 7) is 4.77. The monoisotopic (exact) mass is 416 g/mol. The third kappa shape index (κ3) is 6.52. The van der Waals surface area contributed by atoms with E-state index < -0.39 is 0 Å². The van der Waals surface area contributed by atoms with Crippen LogP contribution in [0, 0.1) is 0 Å². The number of aromatic nitrogens is 1. The Hall–Kier alpha value is -1.18. The predicted octanol–water partition coefficient (Wildman–Crippen LogP) is 3.61. The number of nitrogens with one attached hydrogen (secondary N) is 1. The first-order chi connectivity index (χ1) is 11.6. The Morgan fingerprint density at radius 2 is 2.08 bits per heavy atom. The molecule has 1 amide bonds. The standard InChI is InChI=1S/C18H24N4OS.2ClH/c1-13(19)7-8-17(23)21-18-20-15-9-10-22(12-16(15)24-18)11-14-5-3-2-4-6-14;;/h2-6,13H,7-12,19H2,1H3,(H,20,21,23);2*1H. The third-order valence-corrected chi connectivity index (χ3v) is 5.13. The summed E-state index contributed by atoms with van der Waals surface area (Å²) in [5.41, 5.74) is 8.15. The number of rotatable bonds is 6. The summed E-state index contributed by atoms with van der Waals surface area (Å²) in [5, 5.41) is 3.63. The number of carbonyl (C=O) groups excluding carboxylic acids is 1. The van der Waals surface area contributed by atoms with Crippen LogP contribution < -0.4 is 11.1 Å². The number of thiazole rings is 1. The molecular formula is C18H26Cl2N4OS. The van der Waals surface area contributed by atoms with E-state index in [9.17, 15) is 4.79 Å². The molecule has 2 aromatic rings. The van der Waals surface area contributed by atoms with Crippen LogP contribution in [0.1, 0.15) is 35.9 Å². The van der Waals surface area contributed by atoms with Gasteiger partial charge in [0.25, 0.3) is 0 Å². The summed E-state index contributed by atoms with van der Waals surface area (Å²) in [6.07, 6.45) is 2.08. The molecule has 0 saturated heterocycles. The molecule has 0 saturated carbocycles. The number of anilines is 1. The van der Waals surface area contributed by atoms with Crippen molar-refractivity contribution in [2.24, 2.45) is 5.73 Å². The van der Waals surface area contributed by atoms with Gasteiger partial charge in [-0.3, -0.25) is 9.69 Å². The van der Waals surface area contributed by atoms with Gasteiger partial charge in [-0.05, 0) is 18.9 Å². The van der Waals surface area contributed by atoms with Crippen LogP contribution in [0.3, 0.4) is 0 Å². The molecule has 1 atom stereocenters. The van der Waals surface area contributed by atoms with Gasteiger partial charge < -0.3 is 11.1 Å². The van der Waals surface area contributed by atoms with E-state index in [0.29, 0.717) is 12.8 Å². The fraction of sp³-hybridized carbons (Fsp3) is 0.444. The van der Waals surface area contributed by atoms with Crippen LogP contribution in [0.25, 0.3) is 0 Å².